The molecule has 1 fully saturated rings. The average molecular weight is 302 g/mol. The van der Waals surface area contributed by atoms with E-state index in [4.69, 9.17) is 14.5 Å². The van der Waals surface area contributed by atoms with Crippen molar-refractivity contribution in [2.45, 2.75) is 11.6 Å². The van der Waals surface area contributed by atoms with Crippen LogP contribution in [0.25, 0.3) is 0 Å². The van der Waals surface area contributed by atoms with Crippen LogP contribution in [-0.2, 0) is 26.1 Å². The summed E-state index contributed by atoms with van der Waals surface area (Å²) in [5.41, 5.74) is 3.81. The van der Waals surface area contributed by atoms with E-state index in [0.29, 0.717) is 0 Å². The summed E-state index contributed by atoms with van der Waals surface area (Å²) in [4.78, 5) is 11.6. The SMILES string of the molecule is c1ccc([C@]23OO[C@](c4ccccc4)(O2)c2ccccc23)cc1. The number of hydrogen-bond donors (Lipinski definition) is 0. The van der Waals surface area contributed by atoms with Crippen LogP contribution in [0, 0.1) is 0 Å². The van der Waals surface area contributed by atoms with Crippen LogP contribution in [0.1, 0.15) is 22.3 Å². The zero-order chi connectivity index (χ0) is 15.3. The van der Waals surface area contributed by atoms with E-state index in [1.807, 2.05) is 84.9 Å². The van der Waals surface area contributed by atoms with E-state index in [0.717, 1.165) is 22.3 Å². The zero-order valence-electron chi connectivity index (χ0n) is 12.3. The predicted octanol–water partition coefficient (Wildman–Crippen LogP) is 4.08. The molecular weight excluding hydrogens is 288 g/mol. The van der Waals surface area contributed by atoms with Gasteiger partial charge in [0.05, 0.1) is 0 Å². The summed E-state index contributed by atoms with van der Waals surface area (Å²) in [6.07, 6.45) is 0. The summed E-state index contributed by atoms with van der Waals surface area (Å²) in [7, 11) is 0. The van der Waals surface area contributed by atoms with Crippen molar-refractivity contribution in [1.29, 1.82) is 0 Å². The standard InChI is InChI=1S/C20H14O3/c1-3-9-15(10-4-1)19-17-13-7-8-14-18(17)20(21-19,23-22-19)16-11-5-2-6-12-16/h1-14H/t19-,20+. The highest BCUT2D eigenvalue weighted by molar-refractivity contribution is 5.50. The molecule has 2 bridgehead atoms. The van der Waals surface area contributed by atoms with Gasteiger partial charge in [0, 0.05) is 22.3 Å². The Kier molecular flexibility index (Phi) is 2.56. The van der Waals surface area contributed by atoms with Gasteiger partial charge in [-0.2, -0.15) is 9.78 Å². The Hall–Kier alpha value is -2.46. The van der Waals surface area contributed by atoms with Crippen LogP contribution >= 0.6 is 0 Å². The molecule has 2 heterocycles. The van der Waals surface area contributed by atoms with Gasteiger partial charge in [0.1, 0.15) is 0 Å². The molecule has 2 atom stereocenters. The molecule has 0 aliphatic carbocycles. The van der Waals surface area contributed by atoms with Crippen LogP contribution in [0.3, 0.4) is 0 Å². The van der Waals surface area contributed by atoms with Gasteiger partial charge in [-0.1, -0.05) is 84.9 Å². The number of rotatable bonds is 2. The van der Waals surface area contributed by atoms with Gasteiger partial charge < -0.3 is 0 Å². The molecule has 112 valence electrons. The normalized spacial score (nSPS) is 27.8. The van der Waals surface area contributed by atoms with Gasteiger partial charge in [0.2, 0.25) is 0 Å². The first-order valence-corrected chi connectivity index (χ1v) is 7.63. The minimum Gasteiger partial charge on any atom is -0.296 e. The second-order valence-electron chi connectivity index (χ2n) is 5.78. The fraction of sp³-hybridized carbons (Fsp3) is 0.100. The Morgan fingerprint density at radius 2 is 0.870 bits per heavy atom. The third kappa shape index (κ3) is 1.59. The molecule has 0 amide bonds. The van der Waals surface area contributed by atoms with Crippen molar-refractivity contribution >= 4 is 0 Å². The summed E-state index contributed by atoms with van der Waals surface area (Å²) in [6, 6.07) is 27.9. The minimum absolute atomic E-state index is 0.919. The van der Waals surface area contributed by atoms with Gasteiger partial charge in [0.15, 0.2) is 0 Å². The van der Waals surface area contributed by atoms with Gasteiger partial charge in [-0.3, -0.25) is 4.74 Å². The lowest BCUT2D eigenvalue weighted by molar-refractivity contribution is -0.351. The molecule has 3 heteroatoms. The molecule has 0 unspecified atom stereocenters. The van der Waals surface area contributed by atoms with Crippen molar-refractivity contribution < 1.29 is 14.5 Å². The topological polar surface area (TPSA) is 27.7 Å². The molecule has 2 aliphatic heterocycles. The quantitative estimate of drug-likeness (QED) is 0.668. The number of fused-ring (bicyclic) bond motifs is 5. The maximum Gasteiger partial charge on any atom is 0.257 e. The molecular formula is C20H14O3. The Balaban J connectivity index is 1.78. The van der Waals surface area contributed by atoms with Crippen LogP contribution in [0.15, 0.2) is 84.9 Å². The van der Waals surface area contributed by atoms with Crippen LogP contribution in [0.2, 0.25) is 0 Å². The molecule has 0 N–H and O–H groups in total. The third-order valence-electron chi connectivity index (χ3n) is 4.51. The monoisotopic (exact) mass is 302 g/mol. The van der Waals surface area contributed by atoms with Gasteiger partial charge in [0.25, 0.3) is 11.6 Å². The Labute approximate surface area is 134 Å². The van der Waals surface area contributed by atoms with E-state index in [-0.39, 0.29) is 0 Å². The van der Waals surface area contributed by atoms with Crippen molar-refractivity contribution in [3.8, 4) is 0 Å². The van der Waals surface area contributed by atoms with Gasteiger partial charge in [-0.15, -0.1) is 0 Å². The van der Waals surface area contributed by atoms with Gasteiger partial charge in [-0.05, 0) is 0 Å². The molecule has 0 radical (unpaired) electrons. The number of benzene rings is 3. The summed E-state index contributed by atoms with van der Waals surface area (Å²) >= 11 is 0. The van der Waals surface area contributed by atoms with Gasteiger partial charge >= 0.3 is 0 Å². The predicted molar refractivity (Wildman–Crippen MR) is 84.1 cm³/mol. The molecule has 0 aromatic heterocycles. The number of hydrogen-bond acceptors (Lipinski definition) is 3. The largest absolute Gasteiger partial charge is 0.296 e. The Morgan fingerprint density at radius 1 is 0.478 bits per heavy atom. The molecule has 5 rings (SSSR count). The molecule has 0 spiro atoms. The lowest BCUT2D eigenvalue weighted by Crippen LogP contribution is -2.28. The van der Waals surface area contributed by atoms with E-state index in [1.165, 1.54) is 0 Å². The first-order valence-electron chi connectivity index (χ1n) is 7.63. The smallest absolute Gasteiger partial charge is 0.257 e. The highest BCUT2D eigenvalue weighted by Gasteiger charge is 2.65. The molecule has 3 aromatic carbocycles. The Morgan fingerprint density at radius 3 is 1.30 bits per heavy atom. The summed E-state index contributed by atoms with van der Waals surface area (Å²) in [5, 5.41) is 0. The van der Waals surface area contributed by atoms with Crippen LogP contribution in [0.4, 0.5) is 0 Å². The lowest BCUT2D eigenvalue weighted by atomic mass is 9.90. The van der Waals surface area contributed by atoms with Crippen molar-refractivity contribution in [2.24, 2.45) is 0 Å². The average Bonchev–Trinajstić information content (AvgIpc) is 3.19. The van der Waals surface area contributed by atoms with Gasteiger partial charge in [-0.25, -0.2) is 0 Å². The zero-order valence-corrected chi connectivity index (χ0v) is 12.3. The summed E-state index contributed by atoms with van der Waals surface area (Å²) < 4.78 is 6.45. The second-order valence-corrected chi connectivity index (χ2v) is 5.78. The van der Waals surface area contributed by atoms with Crippen LogP contribution < -0.4 is 0 Å². The molecule has 1 saturated heterocycles. The first kappa shape index (κ1) is 13.0. The lowest BCUT2D eigenvalue weighted by Gasteiger charge is -2.26. The van der Waals surface area contributed by atoms with Crippen molar-refractivity contribution in [1.82, 2.24) is 0 Å². The van der Waals surface area contributed by atoms with E-state index in [9.17, 15) is 0 Å². The summed E-state index contributed by atoms with van der Waals surface area (Å²) in [6.45, 7) is 0. The maximum atomic E-state index is 6.45. The molecule has 23 heavy (non-hydrogen) atoms. The Bertz CT molecular complexity index is 790. The first-order chi connectivity index (χ1) is 11.4. The summed E-state index contributed by atoms with van der Waals surface area (Å²) in [5.74, 6) is -2.04. The van der Waals surface area contributed by atoms with E-state index in [2.05, 4.69) is 0 Å². The fourth-order valence-electron chi connectivity index (χ4n) is 3.45. The second kappa shape index (κ2) is 4.52. The molecule has 3 aromatic rings. The highest BCUT2D eigenvalue weighted by atomic mass is 17.3. The minimum atomic E-state index is -1.02. The van der Waals surface area contributed by atoms with Crippen LogP contribution in [-0.4, -0.2) is 0 Å². The molecule has 0 saturated carbocycles. The van der Waals surface area contributed by atoms with Crippen LogP contribution in [0.5, 0.6) is 0 Å². The van der Waals surface area contributed by atoms with E-state index >= 15 is 0 Å². The van der Waals surface area contributed by atoms with E-state index in [1.54, 1.807) is 0 Å². The third-order valence-corrected chi connectivity index (χ3v) is 4.51. The highest BCUT2D eigenvalue weighted by Crippen LogP contribution is 2.60. The number of ether oxygens (including phenoxy) is 1. The molecule has 3 nitrogen and oxygen atoms in total. The fourth-order valence-corrected chi connectivity index (χ4v) is 3.45. The van der Waals surface area contributed by atoms with Crippen molar-refractivity contribution in [3.63, 3.8) is 0 Å². The molecule has 2 aliphatic rings. The van der Waals surface area contributed by atoms with Crippen molar-refractivity contribution in [2.75, 3.05) is 0 Å². The maximum absolute atomic E-state index is 6.45. The van der Waals surface area contributed by atoms with E-state index < -0.39 is 11.6 Å². The van der Waals surface area contributed by atoms with Crippen molar-refractivity contribution in [3.05, 3.63) is 107 Å².